The molecule has 0 aromatic carbocycles. The molecule has 0 bridgehead atoms. The lowest BCUT2D eigenvalue weighted by Gasteiger charge is -2.32. The summed E-state index contributed by atoms with van der Waals surface area (Å²) in [4.78, 5) is 24.9. The van der Waals surface area contributed by atoms with Gasteiger partial charge in [0.15, 0.2) is 17.7 Å². The van der Waals surface area contributed by atoms with E-state index in [1.807, 2.05) is 19.1 Å². The quantitative estimate of drug-likeness (QED) is 0.224. The van der Waals surface area contributed by atoms with Crippen LogP contribution in [0, 0.1) is 5.41 Å². The van der Waals surface area contributed by atoms with Gasteiger partial charge in [0, 0.05) is 6.08 Å². The molecule has 0 amide bonds. The number of hydrogen-bond donors (Lipinski definition) is 0. The molecule has 7 heteroatoms. The molecule has 3 rings (SSSR count). The van der Waals surface area contributed by atoms with Gasteiger partial charge < -0.3 is 23.7 Å². The summed E-state index contributed by atoms with van der Waals surface area (Å²) in [7, 11) is 1.39. The van der Waals surface area contributed by atoms with Gasteiger partial charge in [0.05, 0.1) is 13.7 Å². The number of ether oxygens (including phenoxy) is 5. The third kappa shape index (κ3) is 7.33. The van der Waals surface area contributed by atoms with Gasteiger partial charge in [0.25, 0.3) is 5.76 Å². The van der Waals surface area contributed by atoms with Gasteiger partial charge in [-0.15, -0.1) is 0 Å². The van der Waals surface area contributed by atoms with Crippen LogP contribution in [0.3, 0.4) is 0 Å². The molecular weight excluding hydrogens is 472 g/mol. The number of cyclic esters (lactones) is 1. The van der Waals surface area contributed by atoms with Crippen LogP contribution in [0.4, 0.5) is 0 Å². The Morgan fingerprint density at radius 2 is 1.84 bits per heavy atom. The maximum Gasteiger partial charge on any atom is 0.378 e. The van der Waals surface area contributed by atoms with Crippen molar-refractivity contribution >= 4 is 11.9 Å². The van der Waals surface area contributed by atoms with Crippen LogP contribution < -0.4 is 0 Å². The smallest absolute Gasteiger partial charge is 0.378 e. The van der Waals surface area contributed by atoms with E-state index in [9.17, 15) is 9.59 Å². The predicted octanol–water partition coefficient (Wildman–Crippen LogP) is 6.00. The Morgan fingerprint density at radius 3 is 2.46 bits per heavy atom. The van der Waals surface area contributed by atoms with Crippen LogP contribution in [-0.4, -0.2) is 43.7 Å². The molecule has 0 aromatic rings. The highest BCUT2D eigenvalue weighted by Crippen LogP contribution is 2.40. The van der Waals surface area contributed by atoms with Gasteiger partial charge in [-0.05, 0) is 70.4 Å². The number of esters is 2. The summed E-state index contributed by atoms with van der Waals surface area (Å²) < 4.78 is 27.3. The van der Waals surface area contributed by atoms with Gasteiger partial charge in [-0.1, -0.05) is 55.4 Å². The first-order valence-corrected chi connectivity index (χ1v) is 12.8. The Morgan fingerprint density at radius 1 is 1.11 bits per heavy atom. The normalized spacial score (nSPS) is 26.4. The molecule has 0 N–H and O–H groups in total. The molecule has 0 saturated carbocycles. The lowest BCUT2D eigenvalue weighted by molar-refractivity contribution is -0.164. The van der Waals surface area contributed by atoms with E-state index in [0.29, 0.717) is 5.57 Å². The molecule has 2 heterocycles. The number of carbonyl (C=O) groups is 2. The topological polar surface area (TPSA) is 80.3 Å². The maximum absolute atomic E-state index is 12.5. The summed E-state index contributed by atoms with van der Waals surface area (Å²) >= 11 is 0. The average molecular weight is 513 g/mol. The van der Waals surface area contributed by atoms with Crippen molar-refractivity contribution in [1.82, 2.24) is 0 Å². The van der Waals surface area contributed by atoms with E-state index in [2.05, 4.69) is 32.9 Å². The second-order valence-corrected chi connectivity index (χ2v) is 10.9. The minimum Gasteiger partial charge on any atom is -0.493 e. The van der Waals surface area contributed by atoms with E-state index in [1.54, 1.807) is 26.8 Å². The molecule has 2 aliphatic heterocycles. The van der Waals surface area contributed by atoms with E-state index in [0.717, 1.165) is 12.0 Å². The van der Waals surface area contributed by atoms with Crippen molar-refractivity contribution in [2.45, 2.75) is 85.7 Å². The van der Waals surface area contributed by atoms with E-state index >= 15 is 0 Å². The predicted molar refractivity (Wildman–Crippen MR) is 141 cm³/mol. The van der Waals surface area contributed by atoms with Crippen LogP contribution in [-0.2, 0) is 33.3 Å². The highest BCUT2D eigenvalue weighted by molar-refractivity contribution is 5.95. The molecular formula is C30H40O7. The fraction of sp³-hybridized carbons (Fsp3) is 0.533. The molecule has 0 radical (unpaired) electrons. The SMILES string of the molecule is COC1=C(OC(=O)/C=C(C)/C=C/C=C(C)/C=C/C2=C(C)CCCC2(C)C)C(=O)O[C@@H]1[C@@H]1COC(C)(C)O1. The number of allylic oxidation sites excluding steroid dienone is 9. The van der Waals surface area contributed by atoms with Crippen molar-refractivity contribution < 1.29 is 33.3 Å². The first-order valence-electron chi connectivity index (χ1n) is 12.8. The molecule has 0 spiro atoms. The zero-order chi connectivity index (χ0) is 27.4. The standard InChI is InChI=1S/C30H40O7/c1-19(14-15-22-21(3)13-10-16-29(22,4)5)11-9-12-20(2)17-24(31)35-27-26(33-8)25(36-28(27)32)23-18-34-30(6,7)37-23/h9,11-12,14-15,17,23,25H,10,13,16,18H2,1-8H3/b12-9+,15-14+,19-11+,20-17+/t23-,25+/m0/s1. The molecule has 0 aromatic heterocycles. The van der Waals surface area contributed by atoms with E-state index < -0.39 is 29.9 Å². The molecule has 3 aliphatic rings. The highest BCUT2D eigenvalue weighted by Gasteiger charge is 2.48. The Kier molecular flexibility index (Phi) is 9.03. The molecule has 1 saturated heterocycles. The Labute approximate surface area is 220 Å². The monoisotopic (exact) mass is 512 g/mol. The third-order valence-corrected chi connectivity index (χ3v) is 6.81. The first-order chi connectivity index (χ1) is 17.3. The molecule has 2 atom stereocenters. The Bertz CT molecular complexity index is 1090. The van der Waals surface area contributed by atoms with Crippen molar-refractivity contribution in [2.24, 2.45) is 5.41 Å². The number of carbonyl (C=O) groups excluding carboxylic acids is 2. The van der Waals surface area contributed by atoms with Gasteiger partial charge in [0.1, 0.15) is 6.10 Å². The fourth-order valence-electron chi connectivity index (χ4n) is 4.86. The van der Waals surface area contributed by atoms with Gasteiger partial charge >= 0.3 is 11.9 Å². The first kappa shape index (κ1) is 28.7. The van der Waals surface area contributed by atoms with Crippen LogP contribution in [0.2, 0.25) is 0 Å². The van der Waals surface area contributed by atoms with Gasteiger partial charge in [-0.2, -0.15) is 0 Å². The number of hydrogen-bond acceptors (Lipinski definition) is 7. The second-order valence-electron chi connectivity index (χ2n) is 10.9. The van der Waals surface area contributed by atoms with Gasteiger partial charge in [-0.3, -0.25) is 0 Å². The third-order valence-electron chi connectivity index (χ3n) is 6.81. The lowest BCUT2D eigenvalue weighted by atomic mass is 9.72. The number of methoxy groups -OCH3 is 1. The van der Waals surface area contributed by atoms with E-state index in [1.165, 1.54) is 37.2 Å². The van der Waals surface area contributed by atoms with Crippen LogP contribution in [0.1, 0.15) is 67.7 Å². The zero-order valence-corrected chi connectivity index (χ0v) is 23.3. The summed E-state index contributed by atoms with van der Waals surface area (Å²) in [6.07, 6.45) is 13.6. The zero-order valence-electron chi connectivity index (χ0n) is 23.3. The molecule has 37 heavy (non-hydrogen) atoms. The molecule has 7 nitrogen and oxygen atoms in total. The van der Waals surface area contributed by atoms with Crippen molar-refractivity contribution in [3.8, 4) is 0 Å². The van der Waals surface area contributed by atoms with Crippen LogP contribution in [0.25, 0.3) is 0 Å². The van der Waals surface area contributed by atoms with Crippen molar-refractivity contribution in [2.75, 3.05) is 13.7 Å². The molecule has 0 unspecified atom stereocenters. The molecule has 202 valence electrons. The Hall–Kier alpha value is -2.90. The largest absolute Gasteiger partial charge is 0.493 e. The summed E-state index contributed by atoms with van der Waals surface area (Å²) in [5, 5.41) is 0. The summed E-state index contributed by atoms with van der Waals surface area (Å²) in [5.41, 5.74) is 4.85. The summed E-state index contributed by atoms with van der Waals surface area (Å²) in [6.45, 7) is 14.4. The minimum absolute atomic E-state index is 0.114. The van der Waals surface area contributed by atoms with Crippen molar-refractivity contribution in [1.29, 1.82) is 0 Å². The van der Waals surface area contributed by atoms with Crippen molar-refractivity contribution in [3.63, 3.8) is 0 Å². The van der Waals surface area contributed by atoms with Crippen LogP contribution in [0.5, 0.6) is 0 Å². The average Bonchev–Trinajstić information content (AvgIpc) is 3.31. The van der Waals surface area contributed by atoms with Crippen LogP contribution >= 0.6 is 0 Å². The highest BCUT2D eigenvalue weighted by atomic mass is 16.8. The van der Waals surface area contributed by atoms with E-state index in [-0.39, 0.29) is 23.5 Å². The second kappa shape index (κ2) is 11.7. The summed E-state index contributed by atoms with van der Waals surface area (Å²) in [5.74, 6) is -2.43. The Balaban J connectivity index is 1.62. The minimum atomic E-state index is -0.841. The van der Waals surface area contributed by atoms with Gasteiger partial charge in [-0.25, -0.2) is 9.59 Å². The molecule has 1 aliphatic carbocycles. The number of rotatable bonds is 8. The van der Waals surface area contributed by atoms with Crippen molar-refractivity contribution in [3.05, 3.63) is 70.3 Å². The maximum atomic E-state index is 12.5. The van der Waals surface area contributed by atoms with Gasteiger partial charge in [0.2, 0.25) is 0 Å². The molecule has 1 fully saturated rings. The van der Waals surface area contributed by atoms with E-state index in [4.69, 9.17) is 23.7 Å². The van der Waals surface area contributed by atoms with Crippen LogP contribution in [0.15, 0.2) is 70.3 Å². The lowest BCUT2D eigenvalue weighted by Crippen LogP contribution is -2.33. The fourth-order valence-corrected chi connectivity index (χ4v) is 4.86. The summed E-state index contributed by atoms with van der Waals surface area (Å²) in [6, 6.07) is 0.